The molecule has 2 aromatic carbocycles. The predicted octanol–water partition coefficient (Wildman–Crippen LogP) is 6.25. The lowest BCUT2D eigenvalue weighted by atomic mass is 9.91. The van der Waals surface area contributed by atoms with Gasteiger partial charge in [0.15, 0.2) is 0 Å². The number of nitrogens with zero attached hydrogens (tertiary/aromatic N) is 5. The van der Waals surface area contributed by atoms with Crippen LogP contribution in [0, 0.1) is 0 Å². The maximum Gasteiger partial charge on any atom is 0.243 e. The average Bonchev–Trinajstić information content (AvgIpc) is 3.40. The number of carbonyl (C=O) groups is 2. The Bertz CT molecular complexity index is 1430. The summed E-state index contributed by atoms with van der Waals surface area (Å²) in [6.07, 6.45) is 0.272. The van der Waals surface area contributed by atoms with Gasteiger partial charge in [0.25, 0.3) is 0 Å². The van der Waals surface area contributed by atoms with E-state index in [0.29, 0.717) is 5.75 Å². The van der Waals surface area contributed by atoms with Crippen LogP contribution in [0.25, 0.3) is 22.5 Å². The minimum absolute atomic E-state index is 0.0703. The molecule has 1 fully saturated rings. The molecule has 0 spiro atoms. The molecule has 0 bridgehead atoms. The van der Waals surface area contributed by atoms with E-state index in [1.807, 2.05) is 18.5 Å². The highest BCUT2D eigenvalue weighted by Gasteiger charge is 2.40. The van der Waals surface area contributed by atoms with Gasteiger partial charge in [0.2, 0.25) is 11.8 Å². The van der Waals surface area contributed by atoms with E-state index in [1.165, 1.54) is 16.2 Å². The first-order valence-corrected chi connectivity index (χ1v) is 14.7. The molecule has 1 atom stereocenters. The molecule has 2 amide bonds. The van der Waals surface area contributed by atoms with Crippen molar-refractivity contribution in [1.29, 1.82) is 0 Å². The zero-order chi connectivity index (χ0) is 28.3. The zero-order valence-electron chi connectivity index (χ0n) is 24.3. The molecule has 2 aliphatic rings. The molecular formula is C31H39N5O2S. The summed E-state index contributed by atoms with van der Waals surface area (Å²) in [5, 5.41) is 9.11. The minimum Gasteiger partial charge on any atom is -0.362 e. The normalized spacial score (nSPS) is 17.7. The van der Waals surface area contributed by atoms with Gasteiger partial charge in [0, 0.05) is 47.1 Å². The standard InChI is InChI=1S/C31H39N5O2S/c1-19(2)35-26(37)16-25(29(35)38)39-18-20-13-14-21-17-34(30(3,4)5)24-12-10-9-11-22(24)28-27(23(21)15-20)32-33-36(28)31(6,7)8/h9-15,19,25H,16-18H2,1-8H3. The van der Waals surface area contributed by atoms with Crippen LogP contribution in [-0.2, 0) is 27.4 Å². The summed E-state index contributed by atoms with van der Waals surface area (Å²) in [4.78, 5) is 29.1. The average molecular weight is 546 g/mol. The number of aromatic nitrogens is 3. The second-order valence-corrected chi connectivity index (χ2v) is 14.0. The molecule has 1 aromatic heterocycles. The second kappa shape index (κ2) is 9.81. The summed E-state index contributed by atoms with van der Waals surface area (Å²) in [5.41, 5.74) is 7.18. The van der Waals surface area contributed by atoms with E-state index in [2.05, 4.69) is 94.1 Å². The third kappa shape index (κ3) is 4.99. The van der Waals surface area contributed by atoms with Crippen LogP contribution in [0.4, 0.5) is 5.69 Å². The van der Waals surface area contributed by atoms with Crippen molar-refractivity contribution in [1.82, 2.24) is 19.9 Å². The molecule has 1 saturated heterocycles. The van der Waals surface area contributed by atoms with E-state index >= 15 is 0 Å². The summed E-state index contributed by atoms with van der Waals surface area (Å²) < 4.78 is 2.04. The number of fused-ring (bicyclic) bond motifs is 5. The fourth-order valence-electron chi connectivity index (χ4n) is 5.50. The van der Waals surface area contributed by atoms with Gasteiger partial charge < -0.3 is 4.90 Å². The van der Waals surface area contributed by atoms with Gasteiger partial charge in [0.1, 0.15) is 5.69 Å². The number of imide groups is 1. The summed E-state index contributed by atoms with van der Waals surface area (Å²) >= 11 is 1.55. The van der Waals surface area contributed by atoms with Crippen molar-refractivity contribution in [3.63, 3.8) is 0 Å². The fraction of sp³-hybridized carbons (Fsp3) is 0.484. The van der Waals surface area contributed by atoms with E-state index < -0.39 is 0 Å². The van der Waals surface area contributed by atoms with E-state index in [9.17, 15) is 9.59 Å². The van der Waals surface area contributed by atoms with Gasteiger partial charge in [-0.25, -0.2) is 4.68 Å². The van der Waals surface area contributed by atoms with Crippen LogP contribution in [0.3, 0.4) is 0 Å². The van der Waals surface area contributed by atoms with Gasteiger partial charge in [-0.05, 0) is 78.6 Å². The van der Waals surface area contributed by atoms with Crippen LogP contribution in [0.2, 0.25) is 0 Å². The highest BCUT2D eigenvalue weighted by atomic mass is 32.2. The smallest absolute Gasteiger partial charge is 0.243 e. The van der Waals surface area contributed by atoms with Crippen molar-refractivity contribution in [2.24, 2.45) is 0 Å². The van der Waals surface area contributed by atoms with Crippen molar-refractivity contribution in [3.05, 3.63) is 53.6 Å². The Hall–Kier alpha value is -3.13. The molecule has 39 heavy (non-hydrogen) atoms. The topological polar surface area (TPSA) is 71.3 Å². The van der Waals surface area contributed by atoms with Gasteiger partial charge in [-0.15, -0.1) is 16.9 Å². The van der Waals surface area contributed by atoms with Crippen LogP contribution < -0.4 is 4.90 Å². The molecule has 8 heteroatoms. The number of likely N-dealkylation sites (tertiary alicyclic amines) is 1. The van der Waals surface area contributed by atoms with Crippen molar-refractivity contribution >= 4 is 29.3 Å². The van der Waals surface area contributed by atoms with Gasteiger partial charge >= 0.3 is 0 Å². The van der Waals surface area contributed by atoms with Crippen LogP contribution in [0.5, 0.6) is 0 Å². The Morgan fingerprint density at radius 1 is 0.974 bits per heavy atom. The lowest BCUT2D eigenvalue weighted by Gasteiger charge is -2.40. The molecular weight excluding hydrogens is 506 g/mol. The number of benzene rings is 2. The molecule has 3 aromatic rings. The second-order valence-electron chi connectivity index (χ2n) is 12.8. The summed E-state index contributed by atoms with van der Waals surface area (Å²) in [5.74, 6) is 0.500. The molecule has 7 nitrogen and oxygen atoms in total. The Morgan fingerprint density at radius 2 is 1.69 bits per heavy atom. The Kier molecular flexibility index (Phi) is 6.90. The van der Waals surface area contributed by atoms with Crippen LogP contribution in [0.1, 0.15) is 72.9 Å². The zero-order valence-corrected chi connectivity index (χ0v) is 25.1. The maximum absolute atomic E-state index is 12.9. The highest BCUT2D eigenvalue weighted by Crippen LogP contribution is 2.45. The predicted molar refractivity (Wildman–Crippen MR) is 159 cm³/mol. The van der Waals surface area contributed by atoms with Crippen molar-refractivity contribution in [2.75, 3.05) is 4.90 Å². The Balaban J connectivity index is 1.59. The van der Waals surface area contributed by atoms with Crippen molar-refractivity contribution in [3.8, 4) is 22.5 Å². The van der Waals surface area contributed by atoms with Crippen LogP contribution >= 0.6 is 11.8 Å². The molecule has 3 heterocycles. The Morgan fingerprint density at radius 3 is 2.33 bits per heavy atom. The lowest BCUT2D eigenvalue weighted by molar-refractivity contribution is -0.140. The fourth-order valence-corrected chi connectivity index (χ4v) is 6.59. The number of thioether (sulfide) groups is 1. The van der Waals surface area contributed by atoms with E-state index in [-0.39, 0.29) is 40.6 Å². The van der Waals surface area contributed by atoms with Gasteiger partial charge in [-0.3, -0.25) is 14.5 Å². The summed E-state index contributed by atoms with van der Waals surface area (Å²) in [7, 11) is 0. The van der Waals surface area contributed by atoms with Crippen LogP contribution in [-0.4, -0.2) is 48.5 Å². The Labute approximate surface area is 235 Å². The molecule has 0 aliphatic carbocycles. The van der Waals surface area contributed by atoms with Crippen LogP contribution in [0.15, 0.2) is 42.5 Å². The largest absolute Gasteiger partial charge is 0.362 e. The van der Waals surface area contributed by atoms with E-state index in [4.69, 9.17) is 5.10 Å². The third-order valence-corrected chi connectivity index (χ3v) is 8.70. The minimum atomic E-state index is -0.331. The molecule has 0 radical (unpaired) electrons. The first-order valence-electron chi connectivity index (χ1n) is 13.7. The van der Waals surface area contributed by atoms with E-state index in [1.54, 1.807) is 11.8 Å². The summed E-state index contributed by atoms with van der Waals surface area (Å²) in [6.45, 7) is 17.7. The quantitative estimate of drug-likeness (QED) is 0.361. The van der Waals surface area contributed by atoms with Gasteiger partial charge in [0.05, 0.1) is 16.5 Å². The monoisotopic (exact) mass is 545 g/mol. The first-order chi connectivity index (χ1) is 18.3. The van der Waals surface area contributed by atoms with Gasteiger partial charge in [-0.2, -0.15) is 0 Å². The SMILES string of the molecule is CC(C)N1C(=O)CC(SCc2ccc3c(c2)-c2nnn(C(C)(C)C)c2-c2ccccc2N(C(C)(C)C)C3)C1=O. The number of para-hydroxylation sites is 1. The number of carbonyl (C=O) groups excluding carboxylic acids is 2. The number of hydrogen-bond donors (Lipinski definition) is 0. The highest BCUT2D eigenvalue weighted by molar-refractivity contribution is 7.99. The maximum atomic E-state index is 12.9. The number of amides is 2. The number of hydrogen-bond acceptors (Lipinski definition) is 6. The molecule has 1 unspecified atom stereocenters. The van der Waals surface area contributed by atoms with Gasteiger partial charge in [-0.1, -0.05) is 35.5 Å². The van der Waals surface area contributed by atoms with Crippen molar-refractivity contribution < 1.29 is 9.59 Å². The number of rotatable bonds is 4. The summed E-state index contributed by atoms with van der Waals surface area (Å²) in [6, 6.07) is 15.0. The molecule has 5 rings (SSSR count). The van der Waals surface area contributed by atoms with Crippen molar-refractivity contribution in [2.45, 2.75) is 96.5 Å². The molecule has 0 saturated carbocycles. The molecule has 0 N–H and O–H groups in total. The lowest BCUT2D eigenvalue weighted by Crippen LogP contribution is -2.41. The molecule has 2 aliphatic heterocycles. The molecule has 206 valence electrons. The third-order valence-electron chi connectivity index (χ3n) is 7.43. The first kappa shape index (κ1) is 27.4. The number of anilines is 1. The van der Waals surface area contributed by atoms with E-state index in [0.717, 1.165) is 34.6 Å².